The van der Waals surface area contributed by atoms with Gasteiger partial charge in [-0.05, 0) is 30.4 Å². The van der Waals surface area contributed by atoms with Crippen LogP contribution in [0.25, 0.3) is 0 Å². The van der Waals surface area contributed by atoms with Gasteiger partial charge in [0.25, 0.3) is 0 Å². The molecule has 0 amide bonds. The third kappa shape index (κ3) is 2.88. The first-order valence-electron chi connectivity index (χ1n) is 7.05. The predicted molar refractivity (Wildman–Crippen MR) is 75.7 cm³/mol. The Hall–Kier alpha value is -1.58. The first kappa shape index (κ1) is 13.8. The summed E-state index contributed by atoms with van der Waals surface area (Å²) in [5.74, 6) is -0.170. The van der Waals surface area contributed by atoms with Gasteiger partial charge in [-0.3, -0.25) is 0 Å². The van der Waals surface area contributed by atoms with E-state index in [2.05, 4.69) is 23.7 Å². The Morgan fingerprint density at radius 2 is 1.95 bits per heavy atom. The molecule has 0 saturated carbocycles. The van der Waals surface area contributed by atoms with Gasteiger partial charge in [0.1, 0.15) is 5.82 Å². The van der Waals surface area contributed by atoms with Gasteiger partial charge in [-0.1, -0.05) is 32.8 Å². The average Bonchev–Trinajstić information content (AvgIpc) is 2.47. The fourth-order valence-electron chi connectivity index (χ4n) is 2.89. The van der Waals surface area contributed by atoms with Crippen molar-refractivity contribution in [3.05, 3.63) is 23.9 Å². The van der Waals surface area contributed by atoms with Crippen LogP contribution in [0, 0.1) is 5.41 Å². The van der Waals surface area contributed by atoms with E-state index >= 15 is 0 Å². The Labute approximate surface area is 114 Å². The molecule has 1 fully saturated rings. The number of carboxylic acid groups (broad SMARTS) is 1. The molecule has 0 atom stereocenters. The molecule has 1 aromatic rings. The van der Waals surface area contributed by atoms with Gasteiger partial charge < -0.3 is 10.0 Å². The number of anilines is 1. The lowest BCUT2D eigenvalue weighted by molar-refractivity contribution is 0.0690. The molecular formula is C15H22N2O2. The summed E-state index contributed by atoms with van der Waals surface area (Å²) in [6.07, 6.45) is 4.78. The number of aromatic carboxylic acids is 1. The monoisotopic (exact) mass is 262 g/mol. The van der Waals surface area contributed by atoms with E-state index in [0.717, 1.165) is 18.9 Å². The molecule has 4 heteroatoms. The van der Waals surface area contributed by atoms with E-state index in [4.69, 9.17) is 5.11 Å². The molecule has 1 saturated heterocycles. The number of nitrogens with zero attached hydrogens (tertiary/aromatic N) is 2. The molecule has 1 aliphatic heterocycles. The highest BCUT2D eigenvalue weighted by molar-refractivity contribution is 5.85. The van der Waals surface area contributed by atoms with Crippen molar-refractivity contribution in [1.29, 1.82) is 0 Å². The zero-order valence-corrected chi connectivity index (χ0v) is 11.7. The van der Waals surface area contributed by atoms with Crippen LogP contribution in [-0.2, 0) is 0 Å². The van der Waals surface area contributed by atoms with Crippen LogP contribution in [0.5, 0.6) is 0 Å². The van der Waals surface area contributed by atoms with E-state index in [1.54, 1.807) is 6.07 Å². The quantitative estimate of drug-likeness (QED) is 0.905. The zero-order chi connectivity index (χ0) is 13.9. The van der Waals surface area contributed by atoms with Crippen molar-refractivity contribution < 1.29 is 9.90 Å². The fraction of sp³-hybridized carbons (Fsp3) is 0.600. The lowest BCUT2D eigenvalue weighted by atomic mass is 9.74. The van der Waals surface area contributed by atoms with Crippen molar-refractivity contribution in [2.75, 3.05) is 18.0 Å². The van der Waals surface area contributed by atoms with Crippen molar-refractivity contribution in [3.8, 4) is 0 Å². The Morgan fingerprint density at radius 1 is 1.32 bits per heavy atom. The van der Waals surface area contributed by atoms with Crippen LogP contribution in [0.4, 0.5) is 5.82 Å². The third-order valence-electron chi connectivity index (χ3n) is 4.60. The highest BCUT2D eigenvalue weighted by Gasteiger charge is 2.31. The van der Waals surface area contributed by atoms with Gasteiger partial charge in [-0.25, -0.2) is 9.78 Å². The molecule has 4 nitrogen and oxygen atoms in total. The summed E-state index contributed by atoms with van der Waals surface area (Å²) < 4.78 is 0. The molecule has 19 heavy (non-hydrogen) atoms. The van der Waals surface area contributed by atoms with Gasteiger partial charge in [0, 0.05) is 13.1 Å². The molecule has 1 N–H and O–H groups in total. The number of carbonyl (C=O) groups is 1. The number of piperidine rings is 1. The zero-order valence-electron chi connectivity index (χ0n) is 11.7. The molecular weight excluding hydrogens is 240 g/mol. The number of hydrogen-bond acceptors (Lipinski definition) is 3. The molecule has 1 aliphatic rings. The van der Waals surface area contributed by atoms with Gasteiger partial charge in [-0.15, -0.1) is 0 Å². The van der Waals surface area contributed by atoms with E-state index in [1.807, 2.05) is 6.07 Å². The molecule has 0 unspecified atom stereocenters. The number of carboxylic acids is 1. The Bertz CT molecular complexity index is 445. The second-order valence-electron chi connectivity index (χ2n) is 5.38. The van der Waals surface area contributed by atoms with E-state index < -0.39 is 5.97 Å². The van der Waals surface area contributed by atoms with Crippen LogP contribution in [0.2, 0.25) is 0 Å². The summed E-state index contributed by atoms with van der Waals surface area (Å²) in [7, 11) is 0. The summed E-state index contributed by atoms with van der Waals surface area (Å²) in [6.45, 7) is 6.47. The molecule has 0 aliphatic carbocycles. The van der Waals surface area contributed by atoms with Crippen LogP contribution in [0.15, 0.2) is 18.2 Å². The standard InChI is InChI=1S/C15H22N2O2/c1-3-15(4-2)8-10-17(11-9-15)13-7-5-6-12(16-13)14(18)19/h5-7H,3-4,8-11H2,1-2H3,(H,18,19). The van der Waals surface area contributed by atoms with Gasteiger partial charge >= 0.3 is 5.97 Å². The highest BCUT2D eigenvalue weighted by Crippen LogP contribution is 2.38. The summed E-state index contributed by atoms with van der Waals surface area (Å²) in [4.78, 5) is 17.4. The van der Waals surface area contributed by atoms with Crippen LogP contribution in [-0.4, -0.2) is 29.1 Å². The van der Waals surface area contributed by atoms with E-state index in [0.29, 0.717) is 5.41 Å². The molecule has 2 rings (SSSR count). The molecule has 0 bridgehead atoms. The lowest BCUT2D eigenvalue weighted by Gasteiger charge is -2.41. The fourth-order valence-corrected chi connectivity index (χ4v) is 2.89. The van der Waals surface area contributed by atoms with Crippen LogP contribution >= 0.6 is 0 Å². The van der Waals surface area contributed by atoms with Gasteiger partial charge in [-0.2, -0.15) is 0 Å². The molecule has 2 heterocycles. The largest absolute Gasteiger partial charge is 0.477 e. The van der Waals surface area contributed by atoms with Crippen molar-refractivity contribution in [2.45, 2.75) is 39.5 Å². The molecule has 1 aromatic heterocycles. The summed E-state index contributed by atoms with van der Waals surface area (Å²) >= 11 is 0. The maximum absolute atomic E-state index is 11.0. The SMILES string of the molecule is CCC1(CC)CCN(c2cccc(C(=O)O)n2)CC1. The normalized spacial score (nSPS) is 18.3. The number of rotatable bonds is 4. The smallest absolute Gasteiger partial charge is 0.354 e. The topological polar surface area (TPSA) is 53.4 Å². The van der Waals surface area contributed by atoms with E-state index in [-0.39, 0.29) is 5.69 Å². The number of pyridine rings is 1. The maximum atomic E-state index is 11.0. The van der Waals surface area contributed by atoms with Crippen molar-refractivity contribution >= 4 is 11.8 Å². The van der Waals surface area contributed by atoms with Crippen LogP contribution in [0.3, 0.4) is 0 Å². The number of hydrogen-bond donors (Lipinski definition) is 1. The van der Waals surface area contributed by atoms with Crippen LogP contribution < -0.4 is 4.90 Å². The highest BCUT2D eigenvalue weighted by atomic mass is 16.4. The molecule has 0 aromatic carbocycles. The summed E-state index contributed by atoms with van der Waals surface area (Å²) in [5, 5.41) is 8.99. The Kier molecular flexibility index (Phi) is 4.08. The minimum Gasteiger partial charge on any atom is -0.477 e. The van der Waals surface area contributed by atoms with E-state index in [1.165, 1.54) is 31.7 Å². The third-order valence-corrected chi connectivity index (χ3v) is 4.60. The summed E-state index contributed by atoms with van der Waals surface area (Å²) in [5.41, 5.74) is 0.598. The Morgan fingerprint density at radius 3 is 2.47 bits per heavy atom. The van der Waals surface area contributed by atoms with Crippen LogP contribution in [0.1, 0.15) is 50.0 Å². The molecule has 0 radical (unpaired) electrons. The second-order valence-corrected chi connectivity index (χ2v) is 5.38. The van der Waals surface area contributed by atoms with Gasteiger partial charge in [0.15, 0.2) is 5.69 Å². The first-order valence-corrected chi connectivity index (χ1v) is 7.05. The predicted octanol–water partition coefficient (Wildman–Crippen LogP) is 3.19. The Balaban J connectivity index is 2.09. The molecule has 104 valence electrons. The van der Waals surface area contributed by atoms with Crippen molar-refractivity contribution in [3.63, 3.8) is 0 Å². The summed E-state index contributed by atoms with van der Waals surface area (Å²) in [6, 6.07) is 5.21. The minimum atomic E-state index is -0.963. The van der Waals surface area contributed by atoms with Crippen molar-refractivity contribution in [2.24, 2.45) is 5.41 Å². The number of aromatic nitrogens is 1. The average molecular weight is 262 g/mol. The maximum Gasteiger partial charge on any atom is 0.354 e. The molecule has 0 spiro atoms. The van der Waals surface area contributed by atoms with Gasteiger partial charge in [0.2, 0.25) is 0 Å². The van der Waals surface area contributed by atoms with E-state index in [9.17, 15) is 4.79 Å². The van der Waals surface area contributed by atoms with Crippen molar-refractivity contribution in [1.82, 2.24) is 4.98 Å². The van der Waals surface area contributed by atoms with Gasteiger partial charge in [0.05, 0.1) is 0 Å². The lowest BCUT2D eigenvalue weighted by Crippen LogP contribution is -2.40. The second kappa shape index (κ2) is 5.59. The minimum absolute atomic E-state index is 0.125. The first-order chi connectivity index (χ1) is 9.10.